The molecule has 1 aromatic carbocycles. The lowest BCUT2D eigenvalue weighted by Crippen LogP contribution is -2.36. The molecule has 1 amide bonds. The van der Waals surface area contributed by atoms with Gasteiger partial charge in [-0.1, -0.05) is 24.6 Å². The summed E-state index contributed by atoms with van der Waals surface area (Å²) in [5, 5.41) is 9.17. The van der Waals surface area contributed by atoms with E-state index in [0.29, 0.717) is 13.1 Å². The standard InChI is InChI=1S/C22H26N4O3S2/c1-16-19(17(2)26(24-16)18-9-5-3-6-10-18)15-23-22(27)21-20(11-14-30-21)31(28,29)25-12-7-4-8-13-25/h3,5-6,9-11,14H,4,7-8,12-13,15H2,1-2H3,(H,23,27). The molecule has 0 atom stereocenters. The number of benzene rings is 1. The number of piperidine rings is 1. The van der Waals surface area contributed by atoms with E-state index in [-0.39, 0.29) is 22.2 Å². The summed E-state index contributed by atoms with van der Waals surface area (Å²) in [6, 6.07) is 11.3. The molecule has 1 saturated heterocycles. The van der Waals surface area contributed by atoms with Crippen LogP contribution >= 0.6 is 11.3 Å². The molecule has 4 rings (SSSR count). The zero-order valence-electron chi connectivity index (χ0n) is 17.7. The van der Waals surface area contributed by atoms with Crippen LogP contribution < -0.4 is 5.32 Å². The van der Waals surface area contributed by atoms with Gasteiger partial charge in [0.15, 0.2) is 0 Å². The smallest absolute Gasteiger partial charge is 0.263 e. The first-order valence-electron chi connectivity index (χ1n) is 10.4. The summed E-state index contributed by atoms with van der Waals surface area (Å²) in [5.74, 6) is -0.378. The van der Waals surface area contributed by atoms with E-state index in [0.717, 1.165) is 53.2 Å². The van der Waals surface area contributed by atoms with Gasteiger partial charge in [-0.15, -0.1) is 11.3 Å². The summed E-state index contributed by atoms with van der Waals surface area (Å²) in [6.45, 7) is 5.17. The summed E-state index contributed by atoms with van der Waals surface area (Å²) in [6.07, 6.45) is 2.75. The van der Waals surface area contributed by atoms with Gasteiger partial charge in [0.2, 0.25) is 10.0 Å². The van der Waals surface area contributed by atoms with Gasteiger partial charge in [0.1, 0.15) is 9.77 Å². The molecule has 2 aromatic heterocycles. The summed E-state index contributed by atoms with van der Waals surface area (Å²) in [4.78, 5) is 13.3. The second-order valence-corrected chi connectivity index (χ2v) is 10.5. The van der Waals surface area contributed by atoms with E-state index in [1.807, 2.05) is 48.9 Å². The first kappa shape index (κ1) is 21.7. The maximum atomic E-state index is 13.1. The summed E-state index contributed by atoms with van der Waals surface area (Å²) in [7, 11) is -3.66. The number of para-hydroxylation sites is 1. The molecular formula is C22H26N4O3S2. The number of amides is 1. The van der Waals surface area contributed by atoms with Gasteiger partial charge < -0.3 is 5.32 Å². The van der Waals surface area contributed by atoms with Crippen molar-refractivity contribution in [1.29, 1.82) is 0 Å². The molecular weight excluding hydrogens is 432 g/mol. The van der Waals surface area contributed by atoms with Crippen molar-refractivity contribution in [3.8, 4) is 5.69 Å². The average molecular weight is 459 g/mol. The number of aryl methyl sites for hydroxylation is 1. The molecule has 1 N–H and O–H groups in total. The average Bonchev–Trinajstić information content (AvgIpc) is 3.39. The van der Waals surface area contributed by atoms with E-state index >= 15 is 0 Å². The maximum Gasteiger partial charge on any atom is 0.263 e. The van der Waals surface area contributed by atoms with Gasteiger partial charge in [0.05, 0.1) is 11.4 Å². The van der Waals surface area contributed by atoms with E-state index in [1.54, 1.807) is 5.38 Å². The van der Waals surface area contributed by atoms with Gasteiger partial charge in [-0.2, -0.15) is 9.40 Å². The molecule has 31 heavy (non-hydrogen) atoms. The fraction of sp³-hybridized carbons (Fsp3) is 0.364. The van der Waals surface area contributed by atoms with Gasteiger partial charge >= 0.3 is 0 Å². The monoisotopic (exact) mass is 458 g/mol. The predicted octanol–water partition coefficient (Wildman–Crippen LogP) is 3.66. The maximum absolute atomic E-state index is 13.1. The van der Waals surface area contributed by atoms with E-state index < -0.39 is 10.0 Å². The second-order valence-electron chi connectivity index (χ2n) is 7.66. The van der Waals surface area contributed by atoms with Crippen LogP contribution in [0.15, 0.2) is 46.7 Å². The quantitative estimate of drug-likeness (QED) is 0.611. The number of carbonyl (C=O) groups excluding carboxylic acids is 1. The molecule has 0 aliphatic carbocycles. The highest BCUT2D eigenvalue weighted by Gasteiger charge is 2.31. The Morgan fingerprint density at radius 1 is 1.10 bits per heavy atom. The van der Waals surface area contributed by atoms with E-state index in [9.17, 15) is 13.2 Å². The van der Waals surface area contributed by atoms with Gasteiger partial charge in [-0.25, -0.2) is 13.1 Å². The van der Waals surface area contributed by atoms with Crippen molar-refractivity contribution < 1.29 is 13.2 Å². The summed E-state index contributed by atoms with van der Waals surface area (Å²) < 4.78 is 29.5. The van der Waals surface area contributed by atoms with Crippen molar-refractivity contribution in [1.82, 2.24) is 19.4 Å². The number of hydrogen-bond donors (Lipinski definition) is 1. The molecule has 1 aliphatic rings. The minimum absolute atomic E-state index is 0.102. The van der Waals surface area contributed by atoms with Crippen LogP contribution in [0.25, 0.3) is 5.69 Å². The molecule has 1 aliphatic heterocycles. The topological polar surface area (TPSA) is 84.3 Å². The van der Waals surface area contributed by atoms with Crippen LogP contribution in [0, 0.1) is 13.8 Å². The molecule has 0 saturated carbocycles. The molecule has 0 bridgehead atoms. The Labute approximate surface area is 186 Å². The molecule has 9 heteroatoms. The third kappa shape index (κ3) is 4.30. The lowest BCUT2D eigenvalue weighted by molar-refractivity contribution is 0.0951. The van der Waals surface area contributed by atoms with Gasteiger partial charge in [-0.3, -0.25) is 4.79 Å². The van der Waals surface area contributed by atoms with Crippen molar-refractivity contribution in [2.45, 2.75) is 44.6 Å². The van der Waals surface area contributed by atoms with Gasteiger partial charge in [-0.05, 0) is 50.3 Å². The number of aromatic nitrogens is 2. The van der Waals surface area contributed by atoms with Gasteiger partial charge in [0.25, 0.3) is 5.91 Å². The molecule has 164 valence electrons. The number of thiophene rings is 1. The molecule has 7 nitrogen and oxygen atoms in total. The Kier molecular flexibility index (Phi) is 6.27. The Hall–Kier alpha value is -2.49. The normalized spacial score (nSPS) is 15.2. The number of carbonyl (C=O) groups is 1. The second kappa shape index (κ2) is 8.94. The van der Waals surface area contributed by atoms with Crippen molar-refractivity contribution in [3.63, 3.8) is 0 Å². The minimum atomic E-state index is -3.66. The number of hydrogen-bond acceptors (Lipinski definition) is 5. The van der Waals surface area contributed by atoms with Crippen LogP contribution in [0.4, 0.5) is 0 Å². The first-order chi connectivity index (χ1) is 14.9. The highest BCUT2D eigenvalue weighted by atomic mass is 32.2. The lowest BCUT2D eigenvalue weighted by atomic mass is 10.2. The van der Waals surface area contributed by atoms with Crippen LogP contribution in [-0.4, -0.2) is 41.5 Å². The highest BCUT2D eigenvalue weighted by Crippen LogP contribution is 2.27. The number of sulfonamides is 1. The number of nitrogens with one attached hydrogen (secondary N) is 1. The molecule has 0 unspecified atom stereocenters. The van der Waals surface area contributed by atoms with Crippen molar-refractivity contribution in [3.05, 3.63) is 63.6 Å². The van der Waals surface area contributed by atoms with Crippen LogP contribution in [-0.2, 0) is 16.6 Å². The van der Waals surface area contributed by atoms with E-state index in [1.165, 1.54) is 10.4 Å². The molecule has 0 spiro atoms. The van der Waals surface area contributed by atoms with Crippen molar-refractivity contribution in [2.75, 3.05) is 13.1 Å². The Morgan fingerprint density at radius 2 is 1.81 bits per heavy atom. The Bertz CT molecular complexity index is 1180. The summed E-state index contributed by atoms with van der Waals surface area (Å²) in [5.41, 5.74) is 3.65. The fourth-order valence-electron chi connectivity index (χ4n) is 3.91. The molecule has 0 radical (unpaired) electrons. The minimum Gasteiger partial charge on any atom is -0.347 e. The Balaban J connectivity index is 1.52. The highest BCUT2D eigenvalue weighted by molar-refractivity contribution is 7.89. The lowest BCUT2D eigenvalue weighted by Gasteiger charge is -2.25. The molecule has 1 fully saturated rings. The fourth-order valence-corrected chi connectivity index (χ4v) is 6.74. The molecule has 3 heterocycles. The Morgan fingerprint density at radius 3 is 2.52 bits per heavy atom. The number of nitrogens with zero attached hydrogens (tertiary/aromatic N) is 3. The zero-order chi connectivity index (χ0) is 22.0. The molecule has 3 aromatic rings. The van der Waals surface area contributed by atoms with Gasteiger partial charge in [0, 0.05) is 30.9 Å². The van der Waals surface area contributed by atoms with Crippen molar-refractivity contribution in [2.24, 2.45) is 0 Å². The third-order valence-electron chi connectivity index (χ3n) is 5.64. The predicted molar refractivity (Wildman–Crippen MR) is 121 cm³/mol. The first-order valence-corrected chi connectivity index (χ1v) is 12.7. The van der Waals surface area contributed by atoms with Crippen LogP contribution in [0.2, 0.25) is 0 Å². The SMILES string of the molecule is Cc1nn(-c2ccccc2)c(C)c1CNC(=O)c1sccc1S(=O)(=O)N1CCCCC1. The van der Waals surface area contributed by atoms with Crippen molar-refractivity contribution >= 4 is 27.3 Å². The number of rotatable bonds is 6. The van der Waals surface area contributed by atoms with Crippen LogP contribution in [0.5, 0.6) is 0 Å². The van der Waals surface area contributed by atoms with Crippen LogP contribution in [0.3, 0.4) is 0 Å². The zero-order valence-corrected chi connectivity index (χ0v) is 19.3. The largest absolute Gasteiger partial charge is 0.347 e. The van der Waals surface area contributed by atoms with E-state index in [4.69, 9.17) is 0 Å². The van der Waals surface area contributed by atoms with E-state index in [2.05, 4.69) is 10.4 Å². The summed E-state index contributed by atoms with van der Waals surface area (Å²) >= 11 is 1.16. The third-order valence-corrected chi connectivity index (χ3v) is 8.62. The van der Waals surface area contributed by atoms with Crippen LogP contribution in [0.1, 0.15) is 45.9 Å².